The normalized spacial score (nSPS) is 12.4. The van der Waals surface area contributed by atoms with Crippen LogP contribution in [-0.2, 0) is 0 Å². The summed E-state index contributed by atoms with van der Waals surface area (Å²) >= 11 is 9.39. The van der Waals surface area contributed by atoms with Crippen molar-refractivity contribution < 1.29 is 5.11 Å². The average Bonchev–Trinajstić information content (AvgIpc) is 2.32. The molecule has 1 aromatic heterocycles. The Balaban J connectivity index is 2.47. The highest BCUT2D eigenvalue weighted by molar-refractivity contribution is 9.10. The van der Waals surface area contributed by atoms with Crippen LogP contribution in [0, 0.1) is 0 Å². The van der Waals surface area contributed by atoms with Crippen LogP contribution in [0.25, 0.3) is 0 Å². The monoisotopic (exact) mass is 312 g/mol. The Kier molecular flexibility index (Phi) is 3.66. The second kappa shape index (κ2) is 5.04. The standard InChI is InChI=1S/C12H10BrClN2O/c13-7-3-4-10(14)9(6-7)11(17)8-2-1-5-16-12(8)15/h1-6,11,17H,(H2,15,16). The van der Waals surface area contributed by atoms with Gasteiger partial charge in [-0.25, -0.2) is 4.98 Å². The molecule has 2 rings (SSSR count). The van der Waals surface area contributed by atoms with Gasteiger partial charge in [0.15, 0.2) is 0 Å². The van der Waals surface area contributed by atoms with Crippen molar-refractivity contribution in [2.24, 2.45) is 0 Å². The van der Waals surface area contributed by atoms with Gasteiger partial charge in [-0.15, -0.1) is 0 Å². The van der Waals surface area contributed by atoms with Crippen LogP contribution in [0.5, 0.6) is 0 Å². The van der Waals surface area contributed by atoms with Gasteiger partial charge in [-0.1, -0.05) is 33.6 Å². The number of aromatic nitrogens is 1. The number of hydrogen-bond acceptors (Lipinski definition) is 3. The summed E-state index contributed by atoms with van der Waals surface area (Å²) < 4.78 is 0.846. The lowest BCUT2D eigenvalue weighted by Gasteiger charge is -2.14. The second-order valence-electron chi connectivity index (χ2n) is 3.55. The Labute approximate surface area is 112 Å². The number of rotatable bonds is 2. The van der Waals surface area contributed by atoms with E-state index in [1.165, 1.54) is 0 Å². The fourth-order valence-corrected chi connectivity index (χ4v) is 2.15. The summed E-state index contributed by atoms with van der Waals surface area (Å²) in [5.41, 5.74) is 6.87. The molecule has 2 aromatic rings. The first-order valence-corrected chi connectivity index (χ1v) is 6.10. The summed E-state index contributed by atoms with van der Waals surface area (Å²) in [6.07, 6.45) is 0.697. The van der Waals surface area contributed by atoms with E-state index in [-0.39, 0.29) is 0 Å². The van der Waals surface area contributed by atoms with Crippen molar-refractivity contribution in [3.63, 3.8) is 0 Å². The minimum atomic E-state index is -0.881. The van der Waals surface area contributed by atoms with Gasteiger partial charge in [0.25, 0.3) is 0 Å². The lowest BCUT2D eigenvalue weighted by molar-refractivity contribution is 0.221. The molecule has 0 aliphatic carbocycles. The summed E-state index contributed by atoms with van der Waals surface area (Å²) in [5, 5.41) is 10.7. The van der Waals surface area contributed by atoms with E-state index in [0.717, 1.165) is 4.47 Å². The SMILES string of the molecule is Nc1ncccc1C(O)c1cc(Br)ccc1Cl. The number of anilines is 1. The molecule has 0 spiro atoms. The van der Waals surface area contributed by atoms with Gasteiger partial charge >= 0.3 is 0 Å². The molecule has 0 amide bonds. The third-order valence-corrected chi connectivity index (χ3v) is 3.26. The van der Waals surface area contributed by atoms with Gasteiger partial charge in [0.2, 0.25) is 0 Å². The van der Waals surface area contributed by atoms with Gasteiger partial charge in [0.1, 0.15) is 11.9 Å². The van der Waals surface area contributed by atoms with E-state index in [1.807, 2.05) is 6.07 Å². The minimum absolute atomic E-state index is 0.302. The summed E-state index contributed by atoms with van der Waals surface area (Å²) in [6, 6.07) is 8.74. The number of halogens is 2. The van der Waals surface area contributed by atoms with Crippen molar-refractivity contribution in [3.8, 4) is 0 Å². The molecule has 1 heterocycles. The van der Waals surface area contributed by atoms with Crippen molar-refractivity contribution >= 4 is 33.3 Å². The zero-order valence-electron chi connectivity index (χ0n) is 8.77. The number of nitrogen functional groups attached to an aromatic ring is 1. The number of nitrogens with zero attached hydrogens (tertiary/aromatic N) is 1. The Hall–Kier alpha value is -1.10. The van der Waals surface area contributed by atoms with E-state index in [2.05, 4.69) is 20.9 Å². The summed E-state index contributed by atoms with van der Waals surface area (Å²) in [7, 11) is 0. The highest BCUT2D eigenvalue weighted by Crippen LogP contribution is 2.32. The number of nitrogens with two attached hydrogens (primary N) is 1. The fraction of sp³-hybridized carbons (Fsp3) is 0.0833. The Morgan fingerprint density at radius 2 is 2.06 bits per heavy atom. The van der Waals surface area contributed by atoms with Gasteiger partial charge in [-0.3, -0.25) is 0 Å². The predicted octanol–water partition coefficient (Wildman–Crippen LogP) is 3.16. The molecular formula is C12H10BrClN2O. The number of benzene rings is 1. The van der Waals surface area contributed by atoms with E-state index in [9.17, 15) is 5.11 Å². The van der Waals surface area contributed by atoms with Crippen LogP contribution in [0.2, 0.25) is 5.02 Å². The van der Waals surface area contributed by atoms with Crippen LogP contribution in [0.4, 0.5) is 5.82 Å². The zero-order valence-corrected chi connectivity index (χ0v) is 11.1. The van der Waals surface area contributed by atoms with Crippen LogP contribution in [0.3, 0.4) is 0 Å². The number of aliphatic hydroxyl groups excluding tert-OH is 1. The highest BCUT2D eigenvalue weighted by atomic mass is 79.9. The summed E-state index contributed by atoms with van der Waals surface area (Å²) in [4.78, 5) is 3.94. The molecule has 0 fully saturated rings. The van der Waals surface area contributed by atoms with Crippen molar-refractivity contribution in [2.45, 2.75) is 6.10 Å². The number of pyridine rings is 1. The molecule has 0 radical (unpaired) electrons. The molecule has 3 N–H and O–H groups in total. The van der Waals surface area contributed by atoms with Crippen molar-refractivity contribution in [2.75, 3.05) is 5.73 Å². The molecule has 1 atom stereocenters. The van der Waals surface area contributed by atoms with Gasteiger partial charge in [-0.05, 0) is 24.3 Å². The van der Waals surface area contributed by atoms with Crippen LogP contribution < -0.4 is 5.73 Å². The first-order valence-electron chi connectivity index (χ1n) is 4.93. The minimum Gasteiger partial charge on any atom is -0.383 e. The zero-order chi connectivity index (χ0) is 12.4. The highest BCUT2D eigenvalue weighted by Gasteiger charge is 2.17. The topological polar surface area (TPSA) is 59.1 Å². The van der Waals surface area contributed by atoms with Crippen LogP contribution >= 0.6 is 27.5 Å². The molecule has 1 unspecified atom stereocenters. The number of aliphatic hydroxyl groups is 1. The Morgan fingerprint density at radius 1 is 1.29 bits per heavy atom. The first-order chi connectivity index (χ1) is 8.09. The molecule has 17 heavy (non-hydrogen) atoms. The average molecular weight is 314 g/mol. The lowest BCUT2D eigenvalue weighted by atomic mass is 10.0. The second-order valence-corrected chi connectivity index (χ2v) is 4.87. The molecule has 3 nitrogen and oxygen atoms in total. The maximum Gasteiger partial charge on any atom is 0.129 e. The van der Waals surface area contributed by atoms with Crippen LogP contribution in [-0.4, -0.2) is 10.1 Å². The fourth-order valence-electron chi connectivity index (χ4n) is 1.55. The van der Waals surface area contributed by atoms with Crippen molar-refractivity contribution in [3.05, 3.63) is 57.2 Å². The van der Waals surface area contributed by atoms with Gasteiger partial charge in [0, 0.05) is 26.8 Å². The lowest BCUT2D eigenvalue weighted by Crippen LogP contribution is -2.05. The molecule has 0 aliphatic rings. The number of hydrogen-bond donors (Lipinski definition) is 2. The molecule has 0 bridgehead atoms. The predicted molar refractivity (Wildman–Crippen MR) is 71.9 cm³/mol. The van der Waals surface area contributed by atoms with Crippen LogP contribution in [0.15, 0.2) is 41.0 Å². The molecular weight excluding hydrogens is 304 g/mol. The molecule has 1 aromatic carbocycles. The third-order valence-electron chi connectivity index (χ3n) is 2.42. The molecule has 0 saturated heterocycles. The first kappa shape index (κ1) is 12.4. The van der Waals surface area contributed by atoms with E-state index >= 15 is 0 Å². The third kappa shape index (κ3) is 2.60. The Morgan fingerprint density at radius 3 is 2.76 bits per heavy atom. The molecule has 0 aliphatic heterocycles. The van der Waals surface area contributed by atoms with E-state index < -0.39 is 6.10 Å². The van der Waals surface area contributed by atoms with E-state index in [0.29, 0.717) is 22.0 Å². The van der Waals surface area contributed by atoms with Crippen molar-refractivity contribution in [1.82, 2.24) is 4.98 Å². The molecule has 5 heteroatoms. The molecule has 88 valence electrons. The Bertz CT molecular complexity index is 548. The smallest absolute Gasteiger partial charge is 0.129 e. The van der Waals surface area contributed by atoms with E-state index in [4.69, 9.17) is 17.3 Å². The largest absolute Gasteiger partial charge is 0.383 e. The quantitative estimate of drug-likeness (QED) is 0.895. The van der Waals surface area contributed by atoms with Crippen LogP contribution in [0.1, 0.15) is 17.2 Å². The summed E-state index contributed by atoms with van der Waals surface area (Å²) in [5.74, 6) is 0.302. The van der Waals surface area contributed by atoms with Gasteiger partial charge in [-0.2, -0.15) is 0 Å². The maximum atomic E-state index is 10.3. The maximum absolute atomic E-state index is 10.3. The van der Waals surface area contributed by atoms with Crippen molar-refractivity contribution in [1.29, 1.82) is 0 Å². The van der Waals surface area contributed by atoms with Gasteiger partial charge < -0.3 is 10.8 Å². The van der Waals surface area contributed by atoms with Gasteiger partial charge in [0.05, 0.1) is 0 Å². The molecule has 0 saturated carbocycles. The van der Waals surface area contributed by atoms with E-state index in [1.54, 1.807) is 30.5 Å². The summed E-state index contributed by atoms with van der Waals surface area (Å²) in [6.45, 7) is 0.